The predicted octanol–water partition coefficient (Wildman–Crippen LogP) is 2.55. The average molecular weight is 442 g/mol. The van der Waals surface area contributed by atoms with Crippen molar-refractivity contribution in [2.75, 3.05) is 40.5 Å². The Kier molecular flexibility index (Phi) is 4.51. The average Bonchev–Trinajstić information content (AvgIpc) is 3.36. The molecule has 9 heteroatoms. The molecule has 31 heavy (non-hydrogen) atoms. The van der Waals surface area contributed by atoms with E-state index in [2.05, 4.69) is 21.3 Å². The number of carbonyl (C=O) groups excluding carboxylic acids is 1. The summed E-state index contributed by atoms with van der Waals surface area (Å²) in [6.45, 7) is 7.03. The Morgan fingerprint density at radius 1 is 1.23 bits per heavy atom. The van der Waals surface area contributed by atoms with E-state index in [1.54, 1.807) is 6.92 Å². The van der Waals surface area contributed by atoms with Crippen molar-refractivity contribution >= 4 is 38.9 Å². The zero-order chi connectivity index (χ0) is 22.0. The molecular formula is C22H27N5O3S. The van der Waals surface area contributed by atoms with Crippen LogP contribution in [0, 0.1) is 6.92 Å². The van der Waals surface area contributed by atoms with Crippen LogP contribution in [0.25, 0.3) is 0 Å². The lowest BCUT2D eigenvalue weighted by molar-refractivity contribution is -0.114. The monoisotopic (exact) mass is 441 g/mol. The molecule has 3 aliphatic rings. The maximum atomic E-state index is 12.1. The fourth-order valence-corrected chi connectivity index (χ4v) is 5.89. The van der Waals surface area contributed by atoms with Gasteiger partial charge in [0.1, 0.15) is 17.5 Å². The molecule has 1 amide bonds. The normalized spacial score (nSPS) is 19.3. The number of aromatic nitrogens is 2. The van der Waals surface area contributed by atoms with Gasteiger partial charge >= 0.3 is 0 Å². The summed E-state index contributed by atoms with van der Waals surface area (Å²) in [7, 11) is -3.02. The lowest BCUT2D eigenvalue weighted by Crippen LogP contribution is -2.55. The van der Waals surface area contributed by atoms with Crippen molar-refractivity contribution in [3.63, 3.8) is 0 Å². The van der Waals surface area contributed by atoms with Crippen molar-refractivity contribution in [3.8, 4) is 0 Å². The van der Waals surface area contributed by atoms with Crippen molar-refractivity contribution in [2.24, 2.45) is 0 Å². The summed E-state index contributed by atoms with van der Waals surface area (Å²) < 4.78 is 24.3. The highest BCUT2D eigenvalue weighted by Gasteiger charge is 2.52. The highest BCUT2D eigenvalue weighted by atomic mass is 32.2. The third-order valence-electron chi connectivity index (χ3n) is 6.66. The van der Waals surface area contributed by atoms with Gasteiger partial charge in [0.05, 0.1) is 10.9 Å². The Labute approximate surface area is 182 Å². The van der Waals surface area contributed by atoms with Gasteiger partial charge in [-0.25, -0.2) is 18.4 Å². The topological polar surface area (TPSA) is 95.5 Å². The molecule has 2 aromatic heterocycles. The summed E-state index contributed by atoms with van der Waals surface area (Å²) in [6, 6.07) is 6.01. The molecule has 1 spiro atoms. The molecule has 2 aromatic rings. The highest BCUT2D eigenvalue weighted by Crippen LogP contribution is 2.58. The third-order valence-corrected chi connectivity index (χ3v) is 8.78. The molecular weight excluding hydrogens is 414 g/mol. The molecule has 8 nitrogen and oxygen atoms in total. The molecule has 0 unspecified atom stereocenters. The standard InChI is InChI=1S/C22H27N5O3S/c1-4-31(29,30)16-11-26(12-16)20-7-14(2)8-21(25-20)27-13-22(5-6-22)17-10-23-19(9-18(17)27)24-15(3)28/h7-10,16H,4-6,11-13H2,1-3H3,(H,23,24,28). The molecule has 0 radical (unpaired) electrons. The third kappa shape index (κ3) is 3.44. The van der Waals surface area contributed by atoms with Crippen molar-refractivity contribution in [1.82, 2.24) is 9.97 Å². The maximum absolute atomic E-state index is 12.1. The fraction of sp³-hybridized carbons (Fsp3) is 0.500. The molecule has 0 bridgehead atoms. The van der Waals surface area contributed by atoms with E-state index in [0.29, 0.717) is 18.9 Å². The van der Waals surface area contributed by atoms with E-state index in [1.807, 2.05) is 30.2 Å². The van der Waals surface area contributed by atoms with Gasteiger partial charge in [-0.15, -0.1) is 0 Å². The van der Waals surface area contributed by atoms with Gasteiger partial charge in [0.2, 0.25) is 5.91 Å². The van der Waals surface area contributed by atoms with Gasteiger partial charge in [0, 0.05) is 55.6 Å². The van der Waals surface area contributed by atoms with E-state index >= 15 is 0 Å². The second-order valence-electron chi connectivity index (χ2n) is 8.97. The van der Waals surface area contributed by atoms with Crippen molar-refractivity contribution in [2.45, 2.75) is 44.3 Å². The number of nitrogens with one attached hydrogen (secondary N) is 1. The summed E-state index contributed by atoms with van der Waals surface area (Å²) in [6.07, 6.45) is 4.14. The van der Waals surface area contributed by atoms with E-state index in [0.717, 1.165) is 42.3 Å². The summed E-state index contributed by atoms with van der Waals surface area (Å²) >= 11 is 0. The Hall–Kier alpha value is -2.68. The first-order valence-corrected chi connectivity index (χ1v) is 12.4. The van der Waals surface area contributed by atoms with Crippen LogP contribution in [0.1, 0.15) is 37.8 Å². The lowest BCUT2D eigenvalue weighted by atomic mass is 10.0. The van der Waals surface area contributed by atoms with Crippen LogP contribution in [0.3, 0.4) is 0 Å². The van der Waals surface area contributed by atoms with Crippen LogP contribution in [0.15, 0.2) is 24.4 Å². The molecule has 0 aromatic carbocycles. The zero-order valence-electron chi connectivity index (χ0n) is 18.1. The maximum Gasteiger partial charge on any atom is 0.222 e. The molecule has 1 saturated carbocycles. The number of hydrogen-bond donors (Lipinski definition) is 1. The van der Waals surface area contributed by atoms with Crippen LogP contribution in [0.5, 0.6) is 0 Å². The number of rotatable bonds is 5. The highest BCUT2D eigenvalue weighted by molar-refractivity contribution is 7.92. The van der Waals surface area contributed by atoms with Crippen LogP contribution < -0.4 is 15.1 Å². The van der Waals surface area contributed by atoms with Crippen LogP contribution in [-0.4, -0.2) is 54.9 Å². The van der Waals surface area contributed by atoms with Gasteiger partial charge in [0.15, 0.2) is 9.84 Å². The minimum absolute atomic E-state index is 0.125. The number of amides is 1. The van der Waals surface area contributed by atoms with Crippen LogP contribution >= 0.6 is 0 Å². The van der Waals surface area contributed by atoms with Crippen molar-refractivity contribution < 1.29 is 13.2 Å². The smallest absolute Gasteiger partial charge is 0.222 e. The number of carbonyl (C=O) groups is 1. The number of pyridine rings is 2. The minimum Gasteiger partial charge on any atom is -0.354 e. The van der Waals surface area contributed by atoms with E-state index < -0.39 is 9.84 Å². The lowest BCUT2D eigenvalue weighted by Gasteiger charge is -2.39. The Morgan fingerprint density at radius 3 is 2.58 bits per heavy atom. The molecule has 5 rings (SSSR count). The molecule has 2 fully saturated rings. The Morgan fingerprint density at radius 2 is 1.94 bits per heavy atom. The van der Waals surface area contributed by atoms with E-state index in [4.69, 9.17) is 4.98 Å². The fourth-order valence-electron chi connectivity index (χ4n) is 4.60. The zero-order valence-corrected chi connectivity index (χ0v) is 18.9. The van der Waals surface area contributed by atoms with E-state index in [1.165, 1.54) is 12.5 Å². The van der Waals surface area contributed by atoms with Crippen LogP contribution in [0.4, 0.5) is 23.1 Å². The van der Waals surface area contributed by atoms with Crippen molar-refractivity contribution in [1.29, 1.82) is 0 Å². The second-order valence-corrected chi connectivity index (χ2v) is 11.5. The first-order valence-electron chi connectivity index (χ1n) is 10.7. The van der Waals surface area contributed by atoms with E-state index in [-0.39, 0.29) is 22.3 Å². The van der Waals surface area contributed by atoms with E-state index in [9.17, 15) is 13.2 Å². The van der Waals surface area contributed by atoms with Gasteiger partial charge in [-0.3, -0.25) is 4.79 Å². The Bertz CT molecular complexity index is 1170. The van der Waals surface area contributed by atoms with Gasteiger partial charge in [-0.2, -0.15) is 0 Å². The van der Waals surface area contributed by atoms with Gasteiger partial charge in [0.25, 0.3) is 0 Å². The quantitative estimate of drug-likeness (QED) is 0.762. The van der Waals surface area contributed by atoms with Gasteiger partial charge < -0.3 is 15.1 Å². The predicted molar refractivity (Wildman–Crippen MR) is 121 cm³/mol. The largest absolute Gasteiger partial charge is 0.354 e. The first kappa shape index (κ1) is 20.2. The number of hydrogen-bond acceptors (Lipinski definition) is 7. The first-order chi connectivity index (χ1) is 14.7. The van der Waals surface area contributed by atoms with Gasteiger partial charge in [-0.05, 0) is 37.5 Å². The van der Waals surface area contributed by atoms with Crippen LogP contribution in [-0.2, 0) is 20.0 Å². The SMILES string of the molecule is CCS(=O)(=O)C1CN(c2cc(C)cc(N3CC4(CC4)c4cnc(NC(C)=O)cc43)n2)C1. The summed E-state index contributed by atoms with van der Waals surface area (Å²) in [5, 5.41) is 2.47. The number of sulfone groups is 1. The number of nitrogens with zero attached hydrogens (tertiary/aromatic N) is 4. The Balaban J connectivity index is 1.46. The summed E-state index contributed by atoms with van der Waals surface area (Å²) in [5.74, 6) is 2.23. The van der Waals surface area contributed by atoms with Crippen molar-refractivity contribution in [3.05, 3.63) is 35.5 Å². The second kappa shape index (κ2) is 6.91. The van der Waals surface area contributed by atoms with Crippen LogP contribution in [0.2, 0.25) is 0 Å². The number of fused-ring (bicyclic) bond motifs is 2. The molecule has 1 saturated heterocycles. The molecule has 1 N–H and O–H groups in total. The number of aryl methyl sites for hydroxylation is 1. The molecule has 4 heterocycles. The summed E-state index contributed by atoms with van der Waals surface area (Å²) in [4.78, 5) is 25.1. The minimum atomic E-state index is -3.02. The van der Waals surface area contributed by atoms with Gasteiger partial charge in [-0.1, -0.05) is 6.92 Å². The number of anilines is 4. The molecule has 2 aliphatic heterocycles. The molecule has 164 valence electrons. The molecule has 1 aliphatic carbocycles. The molecule has 0 atom stereocenters. The summed E-state index contributed by atoms with van der Waals surface area (Å²) in [5.41, 5.74) is 3.45.